The van der Waals surface area contributed by atoms with E-state index in [-0.39, 0.29) is 17.9 Å². The smallest absolute Gasteiger partial charge is 0.253 e. The van der Waals surface area contributed by atoms with Crippen LogP contribution in [0.4, 0.5) is 0 Å². The summed E-state index contributed by atoms with van der Waals surface area (Å²) in [6, 6.07) is 9.69. The summed E-state index contributed by atoms with van der Waals surface area (Å²) < 4.78 is 0. The molecule has 1 aliphatic rings. The van der Waals surface area contributed by atoms with Crippen LogP contribution >= 0.6 is 0 Å². The fourth-order valence-electron chi connectivity index (χ4n) is 3.31. The highest BCUT2D eigenvalue weighted by molar-refractivity contribution is 5.95. The summed E-state index contributed by atoms with van der Waals surface area (Å²) in [6.45, 7) is 4.87. The van der Waals surface area contributed by atoms with Crippen molar-refractivity contribution >= 4 is 11.8 Å². The first-order chi connectivity index (χ1) is 12.0. The normalized spacial score (nSPS) is 17.2. The number of aryl methyl sites for hydroxylation is 1. The van der Waals surface area contributed by atoms with Crippen molar-refractivity contribution in [1.29, 1.82) is 0 Å². The summed E-state index contributed by atoms with van der Waals surface area (Å²) in [4.78, 5) is 30.0. The number of benzene rings is 1. The summed E-state index contributed by atoms with van der Waals surface area (Å²) in [5.74, 6) is -0.0278. The first kappa shape index (κ1) is 17.1. The van der Waals surface area contributed by atoms with Gasteiger partial charge in [-0.2, -0.15) is 0 Å². The van der Waals surface area contributed by atoms with Crippen LogP contribution in [0.5, 0.6) is 0 Å². The molecule has 1 fully saturated rings. The number of pyridine rings is 1. The van der Waals surface area contributed by atoms with Gasteiger partial charge in [-0.05, 0) is 49.1 Å². The first-order valence-corrected chi connectivity index (χ1v) is 8.62. The number of piperidine rings is 1. The van der Waals surface area contributed by atoms with E-state index in [9.17, 15) is 9.59 Å². The van der Waals surface area contributed by atoms with Gasteiger partial charge in [-0.15, -0.1) is 0 Å². The predicted octanol–water partition coefficient (Wildman–Crippen LogP) is 2.80. The van der Waals surface area contributed by atoms with Crippen LogP contribution in [0.25, 0.3) is 11.1 Å². The second kappa shape index (κ2) is 7.47. The van der Waals surface area contributed by atoms with Crippen molar-refractivity contribution in [3.63, 3.8) is 0 Å². The Labute approximate surface area is 148 Å². The number of aromatic nitrogens is 1. The molecule has 1 saturated heterocycles. The van der Waals surface area contributed by atoms with E-state index in [1.165, 1.54) is 6.92 Å². The van der Waals surface area contributed by atoms with Gasteiger partial charge in [0.15, 0.2) is 0 Å². The van der Waals surface area contributed by atoms with Crippen molar-refractivity contribution in [3.05, 3.63) is 53.9 Å². The van der Waals surface area contributed by atoms with Gasteiger partial charge >= 0.3 is 0 Å². The number of carbonyl (C=O) groups is 2. The van der Waals surface area contributed by atoms with E-state index in [1.807, 2.05) is 48.4 Å². The number of hydrogen-bond donors (Lipinski definition) is 1. The summed E-state index contributed by atoms with van der Waals surface area (Å²) in [5.41, 5.74) is 3.96. The van der Waals surface area contributed by atoms with Gasteiger partial charge in [-0.1, -0.05) is 12.1 Å². The lowest BCUT2D eigenvalue weighted by atomic mass is 10.0. The molecule has 0 bridgehead atoms. The molecule has 1 aromatic heterocycles. The molecule has 130 valence electrons. The van der Waals surface area contributed by atoms with Gasteiger partial charge in [-0.25, -0.2) is 0 Å². The van der Waals surface area contributed by atoms with E-state index in [4.69, 9.17) is 0 Å². The molecule has 2 heterocycles. The fraction of sp³-hybridized carbons (Fsp3) is 0.350. The minimum atomic E-state index is -0.0458. The van der Waals surface area contributed by atoms with Gasteiger partial charge in [0.05, 0.1) is 0 Å². The Balaban J connectivity index is 1.72. The van der Waals surface area contributed by atoms with Gasteiger partial charge in [0.25, 0.3) is 5.91 Å². The molecule has 3 rings (SSSR count). The molecule has 0 radical (unpaired) electrons. The summed E-state index contributed by atoms with van der Waals surface area (Å²) in [5, 5.41) is 2.92. The highest BCUT2D eigenvalue weighted by Crippen LogP contribution is 2.23. The lowest BCUT2D eigenvalue weighted by molar-refractivity contribution is -0.120. The lowest BCUT2D eigenvalue weighted by Gasteiger charge is -2.33. The molecule has 5 nitrogen and oxygen atoms in total. The third kappa shape index (κ3) is 4.05. The van der Waals surface area contributed by atoms with Crippen LogP contribution in [0.3, 0.4) is 0 Å². The Morgan fingerprint density at radius 2 is 1.96 bits per heavy atom. The number of rotatable bonds is 3. The fourth-order valence-corrected chi connectivity index (χ4v) is 3.31. The maximum Gasteiger partial charge on any atom is 0.253 e. The maximum absolute atomic E-state index is 12.7. The first-order valence-electron chi connectivity index (χ1n) is 8.62. The quantitative estimate of drug-likeness (QED) is 0.937. The topological polar surface area (TPSA) is 62.3 Å². The summed E-state index contributed by atoms with van der Waals surface area (Å²) in [6.07, 6.45) is 5.44. The molecule has 0 aliphatic carbocycles. The zero-order valence-electron chi connectivity index (χ0n) is 14.7. The van der Waals surface area contributed by atoms with Crippen LogP contribution in [0.15, 0.2) is 42.7 Å². The van der Waals surface area contributed by atoms with E-state index >= 15 is 0 Å². The molecular formula is C20H23N3O2. The standard InChI is InChI=1S/C20H23N3O2/c1-14-9-10-21-12-19(14)16-5-7-17(8-6-16)20(25)23-11-3-4-18(13-23)22-15(2)24/h5-10,12,18H,3-4,11,13H2,1-2H3,(H,22,24). The van der Waals surface area contributed by atoms with Crippen molar-refractivity contribution < 1.29 is 9.59 Å². The van der Waals surface area contributed by atoms with Crippen molar-refractivity contribution in [2.24, 2.45) is 0 Å². The molecule has 1 aromatic carbocycles. The zero-order chi connectivity index (χ0) is 17.8. The monoisotopic (exact) mass is 337 g/mol. The molecule has 1 unspecified atom stereocenters. The Bertz CT molecular complexity index is 771. The molecule has 2 amide bonds. The number of amides is 2. The highest BCUT2D eigenvalue weighted by atomic mass is 16.2. The molecule has 1 aliphatic heterocycles. The minimum Gasteiger partial charge on any atom is -0.352 e. The van der Waals surface area contributed by atoms with E-state index in [2.05, 4.69) is 10.3 Å². The molecule has 0 spiro atoms. The molecule has 1 atom stereocenters. The molecule has 25 heavy (non-hydrogen) atoms. The molecule has 1 N–H and O–H groups in total. The van der Waals surface area contributed by atoms with Crippen molar-refractivity contribution in [3.8, 4) is 11.1 Å². The number of nitrogens with zero attached hydrogens (tertiary/aromatic N) is 2. The van der Waals surface area contributed by atoms with Crippen LogP contribution in [0, 0.1) is 6.92 Å². The van der Waals surface area contributed by atoms with E-state index in [0.717, 1.165) is 36.1 Å². The number of carbonyl (C=O) groups excluding carboxylic acids is 2. The van der Waals surface area contributed by atoms with Gasteiger partial charge < -0.3 is 10.2 Å². The Morgan fingerprint density at radius 3 is 2.64 bits per heavy atom. The van der Waals surface area contributed by atoms with Crippen molar-refractivity contribution in [2.45, 2.75) is 32.7 Å². The number of nitrogens with one attached hydrogen (secondary N) is 1. The molecule has 2 aromatic rings. The number of hydrogen-bond acceptors (Lipinski definition) is 3. The van der Waals surface area contributed by atoms with Gasteiger partial charge in [0, 0.05) is 49.6 Å². The molecule has 0 saturated carbocycles. The van der Waals surface area contributed by atoms with Crippen LogP contribution in [-0.4, -0.2) is 40.8 Å². The van der Waals surface area contributed by atoms with Gasteiger partial charge in [-0.3, -0.25) is 14.6 Å². The third-order valence-electron chi connectivity index (χ3n) is 4.60. The highest BCUT2D eigenvalue weighted by Gasteiger charge is 2.24. The SMILES string of the molecule is CC(=O)NC1CCCN(C(=O)c2ccc(-c3cnccc3C)cc2)C1. The van der Waals surface area contributed by atoms with Gasteiger partial charge in [0.2, 0.25) is 5.91 Å². The van der Waals surface area contributed by atoms with Crippen LogP contribution in [0.1, 0.15) is 35.7 Å². The minimum absolute atomic E-state index is 0.0181. The van der Waals surface area contributed by atoms with E-state index in [1.54, 1.807) is 6.20 Å². The predicted molar refractivity (Wildman–Crippen MR) is 97.2 cm³/mol. The van der Waals surface area contributed by atoms with Gasteiger partial charge in [0.1, 0.15) is 0 Å². The van der Waals surface area contributed by atoms with E-state index < -0.39 is 0 Å². The Morgan fingerprint density at radius 1 is 1.20 bits per heavy atom. The summed E-state index contributed by atoms with van der Waals surface area (Å²) >= 11 is 0. The zero-order valence-corrected chi connectivity index (χ0v) is 14.7. The molecule has 5 heteroatoms. The second-order valence-corrected chi connectivity index (χ2v) is 6.56. The number of likely N-dealkylation sites (tertiary alicyclic amines) is 1. The second-order valence-electron chi connectivity index (χ2n) is 6.56. The van der Waals surface area contributed by atoms with E-state index in [0.29, 0.717) is 12.1 Å². The van der Waals surface area contributed by atoms with Crippen molar-refractivity contribution in [1.82, 2.24) is 15.2 Å². The van der Waals surface area contributed by atoms with Crippen molar-refractivity contribution in [2.75, 3.05) is 13.1 Å². The van der Waals surface area contributed by atoms with Crippen LogP contribution < -0.4 is 5.32 Å². The Hall–Kier alpha value is -2.69. The largest absolute Gasteiger partial charge is 0.352 e. The maximum atomic E-state index is 12.7. The lowest BCUT2D eigenvalue weighted by Crippen LogP contribution is -2.49. The average molecular weight is 337 g/mol. The molecular weight excluding hydrogens is 314 g/mol. The Kier molecular flexibility index (Phi) is 5.12. The van der Waals surface area contributed by atoms with Crippen LogP contribution in [-0.2, 0) is 4.79 Å². The third-order valence-corrected chi connectivity index (χ3v) is 4.60. The average Bonchev–Trinajstić information content (AvgIpc) is 2.61. The summed E-state index contributed by atoms with van der Waals surface area (Å²) in [7, 11) is 0. The van der Waals surface area contributed by atoms with Crippen LogP contribution in [0.2, 0.25) is 0 Å².